The van der Waals surface area contributed by atoms with Crippen molar-refractivity contribution in [3.05, 3.63) is 47.4 Å². The van der Waals surface area contributed by atoms with Crippen LogP contribution in [0, 0.1) is 5.82 Å². The largest absolute Gasteiger partial charge is 0.494 e. The molecule has 2 aromatic heterocycles. The van der Waals surface area contributed by atoms with Gasteiger partial charge in [0.1, 0.15) is 11.5 Å². The Morgan fingerprint density at radius 3 is 2.80 bits per heavy atom. The highest BCUT2D eigenvalue weighted by atomic mass is 35.5. The Kier molecular flexibility index (Phi) is 2.99. The second-order valence-corrected chi connectivity index (χ2v) is 4.65. The van der Waals surface area contributed by atoms with Gasteiger partial charge in [-0.2, -0.15) is 0 Å². The first-order chi connectivity index (χ1) is 9.61. The summed E-state index contributed by atoms with van der Waals surface area (Å²) in [6.07, 6.45) is 1.76. The molecule has 20 heavy (non-hydrogen) atoms. The van der Waals surface area contributed by atoms with E-state index in [4.69, 9.17) is 22.1 Å². The maximum absolute atomic E-state index is 13.8. The maximum Gasteiger partial charge on any atom is 0.165 e. The number of fused-ring (bicyclic) bond motifs is 1. The molecule has 0 aliphatic rings. The molecule has 3 rings (SSSR count). The summed E-state index contributed by atoms with van der Waals surface area (Å²) in [6.45, 7) is 0. The Labute approximate surface area is 119 Å². The first kappa shape index (κ1) is 12.7. The zero-order valence-corrected chi connectivity index (χ0v) is 11.4. The van der Waals surface area contributed by atoms with Gasteiger partial charge in [-0.15, -0.1) is 0 Å². The molecule has 0 atom stereocenters. The molecular weight excluding hydrogens is 281 g/mol. The third-order valence-electron chi connectivity index (χ3n) is 3.06. The summed E-state index contributed by atoms with van der Waals surface area (Å²) >= 11 is 6.08. The number of nitrogen functional groups attached to an aromatic ring is 1. The summed E-state index contributed by atoms with van der Waals surface area (Å²) < 4.78 is 20.3. The summed E-state index contributed by atoms with van der Waals surface area (Å²) in [5, 5.41) is 0.486. The van der Waals surface area contributed by atoms with Crippen molar-refractivity contribution in [3.8, 4) is 17.0 Å². The molecule has 0 bridgehead atoms. The molecule has 0 radical (unpaired) electrons. The van der Waals surface area contributed by atoms with Crippen LogP contribution in [0.15, 0.2) is 36.5 Å². The first-order valence-electron chi connectivity index (χ1n) is 5.88. The fourth-order valence-electron chi connectivity index (χ4n) is 2.08. The first-order valence-corrected chi connectivity index (χ1v) is 6.25. The molecule has 0 aliphatic heterocycles. The monoisotopic (exact) mass is 291 g/mol. The van der Waals surface area contributed by atoms with E-state index in [0.29, 0.717) is 27.7 Å². The van der Waals surface area contributed by atoms with Gasteiger partial charge in [-0.3, -0.25) is 4.40 Å². The van der Waals surface area contributed by atoms with Crippen LogP contribution in [-0.2, 0) is 0 Å². The molecular formula is C14H11ClFN3O. The van der Waals surface area contributed by atoms with Gasteiger partial charge in [0.25, 0.3) is 0 Å². The molecule has 3 aromatic rings. The van der Waals surface area contributed by atoms with Crippen molar-refractivity contribution < 1.29 is 9.13 Å². The zero-order chi connectivity index (χ0) is 14.3. The van der Waals surface area contributed by atoms with E-state index in [2.05, 4.69) is 4.98 Å². The number of ether oxygens (including phenoxy) is 1. The molecule has 0 aliphatic carbocycles. The highest BCUT2D eigenvalue weighted by molar-refractivity contribution is 6.33. The Bertz CT molecular complexity index is 800. The summed E-state index contributed by atoms with van der Waals surface area (Å²) in [7, 11) is 1.41. The minimum Gasteiger partial charge on any atom is -0.494 e. The number of aromatic nitrogens is 2. The predicted octanol–water partition coefficient (Wildman–Crippen LogP) is 3.38. The number of nitrogens with zero attached hydrogens (tertiary/aromatic N) is 2. The third kappa shape index (κ3) is 1.87. The number of hydrogen-bond donors (Lipinski definition) is 1. The molecule has 2 N–H and O–H groups in total. The number of anilines is 1. The number of rotatable bonds is 2. The van der Waals surface area contributed by atoms with Crippen molar-refractivity contribution in [2.24, 2.45) is 0 Å². The summed E-state index contributed by atoms with van der Waals surface area (Å²) in [5.41, 5.74) is 7.64. The number of imidazole rings is 1. The zero-order valence-electron chi connectivity index (χ0n) is 10.6. The number of methoxy groups -OCH3 is 1. The lowest BCUT2D eigenvalue weighted by Crippen LogP contribution is -1.94. The molecule has 0 spiro atoms. The molecule has 0 amide bonds. The van der Waals surface area contributed by atoms with Crippen LogP contribution in [0.4, 0.5) is 10.2 Å². The van der Waals surface area contributed by atoms with Gasteiger partial charge in [-0.25, -0.2) is 9.37 Å². The predicted molar refractivity (Wildman–Crippen MR) is 76.6 cm³/mol. The third-order valence-corrected chi connectivity index (χ3v) is 3.36. The van der Waals surface area contributed by atoms with Crippen molar-refractivity contribution in [3.63, 3.8) is 0 Å². The maximum atomic E-state index is 13.8. The van der Waals surface area contributed by atoms with Gasteiger partial charge in [0.05, 0.1) is 12.1 Å². The number of hydrogen-bond acceptors (Lipinski definition) is 3. The van der Waals surface area contributed by atoms with Crippen LogP contribution in [0.3, 0.4) is 0 Å². The van der Waals surface area contributed by atoms with Crippen molar-refractivity contribution in [1.82, 2.24) is 9.38 Å². The Balaban J connectivity index is 2.22. The van der Waals surface area contributed by atoms with Crippen molar-refractivity contribution in [1.29, 1.82) is 0 Å². The number of halogens is 2. The van der Waals surface area contributed by atoms with E-state index in [9.17, 15) is 4.39 Å². The van der Waals surface area contributed by atoms with E-state index in [1.807, 2.05) is 0 Å². The van der Waals surface area contributed by atoms with Crippen LogP contribution in [0.25, 0.3) is 16.9 Å². The highest BCUT2D eigenvalue weighted by Gasteiger charge is 2.14. The quantitative estimate of drug-likeness (QED) is 0.787. The fraction of sp³-hybridized carbons (Fsp3) is 0.0714. The van der Waals surface area contributed by atoms with Gasteiger partial charge in [-0.1, -0.05) is 11.6 Å². The van der Waals surface area contributed by atoms with Gasteiger partial charge in [0.15, 0.2) is 17.2 Å². The number of benzene rings is 1. The molecule has 0 saturated carbocycles. The molecule has 4 nitrogen and oxygen atoms in total. The molecule has 2 heterocycles. The van der Waals surface area contributed by atoms with Crippen molar-refractivity contribution >= 4 is 23.1 Å². The van der Waals surface area contributed by atoms with Crippen LogP contribution < -0.4 is 10.5 Å². The molecule has 6 heteroatoms. The second kappa shape index (κ2) is 4.68. The Hall–Kier alpha value is -2.27. The van der Waals surface area contributed by atoms with E-state index >= 15 is 0 Å². The molecule has 0 fully saturated rings. The fourth-order valence-corrected chi connectivity index (χ4v) is 2.28. The van der Waals surface area contributed by atoms with Crippen LogP contribution >= 0.6 is 11.6 Å². The summed E-state index contributed by atoms with van der Waals surface area (Å²) in [5.74, 6) is 0.119. The van der Waals surface area contributed by atoms with Gasteiger partial charge >= 0.3 is 0 Å². The topological polar surface area (TPSA) is 52.5 Å². The van der Waals surface area contributed by atoms with Gasteiger partial charge in [0.2, 0.25) is 0 Å². The number of pyridine rings is 1. The lowest BCUT2D eigenvalue weighted by atomic mass is 10.1. The van der Waals surface area contributed by atoms with Crippen LogP contribution in [-0.4, -0.2) is 16.5 Å². The van der Waals surface area contributed by atoms with Crippen molar-refractivity contribution in [2.75, 3.05) is 12.8 Å². The molecule has 1 aromatic carbocycles. The van der Waals surface area contributed by atoms with E-state index in [1.165, 1.54) is 19.2 Å². The average molecular weight is 292 g/mol. The highest BCUT2D eigenvalue weighted by Crippen LogP contribution is 2.31. The minimum atomic E-state index is -0.465. The Morgan fingerprint density at radius 2 is 2.15 bits per heavy atom. The second-order valence-electron chi connectivity index (χ2n) is 4.24. The standard InChI is InChI=1S/C14H11ClFN3O/c1-20-11-5-4-8(7-10(11)16)12-13(17)19-6-2-3-9(15)14(19)18-12/h2-7H,17H2,1H3. The molecule has 0 unspecified atom stereocenters. The lowest BCUT2D eigenvalue weighted by molar-refractivity contribution is 0.386. The van der Waals surface area contributed by atoms with Gasteiger partial charge in [-0.05, 0) is 30.3 Å². The van der Waals surface area contributed by atoms with Gasteiger partial charge in [0, 0.05) is 11.8 Å². The smallest absolute Gasteiger partial charge is 0.165 e. The lowest BCUT2D eigenvalue weighted by Gasteiger charge is -2.04. The number of nitrogens with two attached hydrogens (primary N) is 1. The molecule has 102 valence electrons. The van der Waals surface area contributed by atoms with Crippen LogP contribution in [0.2, 0.25) is 5.02 Å². The van der Waals surface area contributed by atoms with Crippen LogP contribution in [0.1, 0.15) is 0 Å². The van der Waals surface area contributed by atoms with Gasteiger partial charge < -0.3 is 10.5 Å². The average Bonchev–Trinajstić information content (AvgIpc) is 2.78. The van der Waals surface area contributed by atoms with E-state index in [-0.39, 0.29) is 5.75 Å². The van der Waals surface area contributed by atoms with Crippen molar-refractivity contribution in [2.45, 2.75) is 0 Å². The Morgan fingerprint density at radius 1 is 1.35 bits per heavy atom. The van der Waals surface area contributed by atoms with Crippen LogP contribution in [0.5, 0.6) is 5.75 Å². The summed E-state index contributed by atoms with van der Waals surface area (Å²) in [4.78, 5) is 4.38. The summed E-state index contributed by atoms with van der Waals surface area (Å²) in [6, 6.07) is 8.07. The van der Waals surface area contributed by atoms with E-state index < -0.39 is 5.82 Å². The van der Waals surface area contributed by atoms with E-state index in [1.54, 1.807) is 28.8 Å². The SMILES string of the molecule is COc1ccc(-c2nc3c(Cl)cccn3c2N)cc1F. The molecule has 0 saturated heterocycles. The minimum absolute atomic E-state index is 0.175. The van der Waals surface area contributed by atoms with E-state index in [0.717, 1.165) is 0 Å². The normalized spacial score (nSPS) is 10.9.